The number of hydrogen-bond acceptors (Lipinski definition) is 5. The predicted molar refractivity (Wildman–Crippen MR) is 113 cm³/mol. The van der Waals surface area contributed by atoms with Crippen molar-refractivity contribution in [2.45, 2.75) is 51.6 Å². The second kappa shape index (κ2) is 7.90. The van der Waals surface area contributed by atoms with Gasteiger partial charge in [0.25, 0.3) is 11.5 Å². The molecule has 0 unspecified atom stereocenters. The zero-order chi connectivity index (χ0) is 21.5. The normalized spacial score (nSPS) is 25.1. The molecule has 2 aromatic rings. The highest BCUT2D eigenvalue weighted by atomic mass is 16.2. The Kier molecular flexibility index (Phi) is 5.08. The van der Waals surface area contributed by atoms with Crippen LogP contribution in [0.25, 0.3) is 0 Å². The number of H-pyrrole nitrogens is 1. The molecule has 8 heteroatoms. The highest BCUT2D eigenvalue weighted by Crippen LogP contribution is 2.42. The van der Waals surface area contributed by atoms with Gasteiger partial charge in [0.2, 0.25) is 5.91 Å². The van der Waals surface area contributed by atoms with E-state index in [0.717, 1.165) is 25.7 Å². The Morgan fingerprint density at radius 1 is 1.16 bits per heavy atom. The van der Waals surface area contributed by atoms with Gasteiger partial charge < -0.3 is 14.8 Å². The SMILES string of the molecule is C[C@@H]1C[C@H]1C(=O)N1CCCC[C@H]1c1nc2c(c(=O)[nH]1)CCN(C(=O)c1ccncc1)C2. The quantitative estimate of drug-likeness (QED) is 0.818. The van der Waals surface area contributed by atoms with E-state index in [2.05, 4.69) is 16.9 Å². The summed E-state index contributed by atoms with van der Waals surface area (Å²) in [4.78, 5) is 54.1. The molecular weight excluding hydrogens is 394 g/mol. The Morgan fingerprint density at radius 3 is 2.68 bits per heavy atom. The van der Waals surface area contributed by atoms with Gasteiger partial charge in [-0.2, -0.15) is 0 Å². The van der Waals surface area contributed by atoms with Crippen molar-refractivity contribution in [3.8, 4) is 0 Å². The average Bonchev–Trinajstić information content (AvgIpc) is 3.54. The number of rotatable bonds is 3. The number of carbonyl (C=O) groups excluding carboxylic acids is 2. The maximum absolute atomic E-state index is 13.0. The average molecular weight is 422 g/mol. The molecule has 1 aliphatic carbocycles. The molecule has 2 aromatic heterocycles. The summed E-state index contributed by atoms with van der Waals surface area (Å²) in [5.74, 6) is 1.21. The summed E-state index contributed by atoms with van der Waals surface area (Å²) in [6, 6.07) is 3.19. The largest absolute Gasteiger partial charge is 0.332 e. The van der Waals surface area contributed by atoms with E-state index >= 15 is 0 Å². The Morgan fingerprint density at radius 2 is 1.94 bits per heavy atom. The standard InChI is InChI=1S/C23H27N5O3/c1-14-12-17(14)23(31)28-10-3-2-4-19(28)20-25-18-13-27(11-7-16(18)21(29)26-20)22(30)15-5-8-24-9-6-15/h5-6,8-9,14,17,19H,2-4,7,10-13H2,1H3,(H,25,26,29)/t14-,17-,19+/m1/s1. The number of pyridine rings is 1. The van der Waals surface area contributed by atoms with Gasteiger partial charge in [-0.1, -0.05) is 6.92 Å². The van der Waals surface area contributed by atoms with Gasteiger partial charge in [-0.3, -0.25) is 19.4 Å². The van der Waals surface area contributed by atoms with Gasteiger partial charge in [-0.25, -0.2) is 4.98 Å². The first kappa shape index (κ1) is 19.9. The summed E-state index contributed by atoms with van der Waals surface area (Å²) in [6.07, 6.45) is 7.40. The molecule has 0 aromatic carbocycles. The Hall–Kier alpha value is -3.03. The molecule has 1 N–H and O–H groups in total. The van der Waals surface area contributed by atoms with Crippen LogP contribution in [0.1, 0.15) is 66.1 Å². The summed E-state index contributed by atoms with van der Waals surface area (Å²) in [5.41, 5.74) is 1.72. The van der Waals surface area contributed by atoms with Crippen molar-refractivity contribution in [2.75, 3.05) is 13.1 Å². The third-order valence-corrected chi connectivity index (χ3v) is 6.83. The second-order valence-corrected chi connectivity index (χ2v) is 8.95. The van der Waals surface area contributed by atoms with Gasteiger partial charge in [0.05, 0.1) is 18.3 Å². The van der Waals surface area contributed by atoms with Crippen molar-refractivity contribution in [1.29, 1.82) is 0 Å². The lowest BCUT2D eigenvalue weighted by Crippen LogP contribution is -2.43. The molecule has 31 heavy (non-hydrogen) atoms. The van der Waals surface area contributed by atoms with E-state index in [4.69, 9.17) is 4.98 Å². The van der Waals surface area contributed by atoms with Crippen molar-refractivity contribution >= 4 is 11.8 Å². The Balaban J connectivity index is 1.42. The molecule has 3 aliphatic rings. The molecule has 2 fully saturated rings. The lowest BCUT2D eigenvalue weighted by molar-refractivity contribution is -0.137. The molecule has 5 rings (SSSR count). The topological polar surface area (TPSA) is 99.3 Å². The summed E-state index contributed by atoms with van der Waals surface area (Å²) >= 11 is 0. The minimum atomic E-state index is -0.196. The van der Waals surface area contributed by atoms with Gasteiger partial charge in [-0.15, -0.1) is 0 Å². The van der Waals surface area contributed by atoms with Crippen LogP contribution in [0.3, 0.4) is 0 Å². The number of aromatic amines is 1. The zero-order valence-electron chi connectivity index (χ0n) is 17.7. The van der Waals surface area contributed by atoms with E-state index in [-0.39, 0.29) is 29.3 Å². The number of nitrogens with one attached hydrogen (secondary N) is 1. The van der Waals surface area contributed by atoms with Crippen molar-refractivity contribution in [3.63, 3.8) is 0 Å². The summed E-state index contributed by atoms with van der Waals surface area (Å²) < 4.78 is 0. The van der Waals surface area contributed by atoms with Crippen LogP contribution < -0.4 is 5.56 Å². The Bertz CT molecular complexity index is 1070. The highest BCUT2D eigenvalue weighted by Gasteiger charge is 2.44. The van der Waals surface area contributed by atoms with Crippen LogP contribution >= 0.6 is 0 Å². The van der Waals surface area contributed by atoms with E-state index in [1.807, 2.05) is 4.90 Å². The van der Waals surface area contributed by atoms with Crippen LogP contribution in [0, 0.1) is 11.8 Å². The number of carbonyl (C=O) groups is 2. The van der Waals surface area contributed by atoms with Gasteiger partial charge >= 0.3 is 0 Å². The van der Waals surface area contributed by atoms with Crippen molar-refractivity contribution < 1.29 is 9.59 Å². The van der Waals surface area contributed by atoms with E-state index in [1.54, 1.807) is 29.4 Å². The molecule has 2 amide bonds. The molecule has 4 heterocycles. The maximum atomic E-state index is 13.0. The first-order chi connectivity index (χ1) is 15.0. The van der Waals surface area contributed by atoms with Gasteiger partial charge in [0, 0.05) is 42.5 Å². The predicted octanol–water partition coefficient (Wildman–Crippen LogP) is 2.07. The first-order valence-electron chi connectivity index (χ1n) is 11.1. The molecule has 0 radical (unpaired) electrons. The molecule has 0 spiro atoms. The third kappa shape index (κ3) is 3.75. The molecule has 1 saturated heterocycles. The van der Waals surface area contributed by atoms with E-state index in [0.29, 0.717) is 54.6 Å². The minimum Gasteiger partial charge on any atom is -0.332 e. The van der Waals surface area contributed by atoms with Crippen LogP contribution in [0.4, 0.5) is 0 Å². The highest BCUT2D eigenvalue weighted by molar-refractivity contribution is 5.94. The van der Waals surface area contributed by atoms with Crippen LogP contribution in [-0.4, -0.2) is 49.7 Å². The van der Waals surface area contributed by atoms with Crippen LogP contribution in [0.5, 0.6) is 0 Å². The molecule has 0 bridgehead atoms. The third-order valence-electron chi connectivity index (χ3n) is 6.83. The van der Waals surface area contributed by atoms with Gasteiger partial charge in [0.1, 0.15) is 5.82 Å². The summed E-state index contributed by atoms with van der Waals surface area (Å²) in [6.45, 7) is 3.59. The smallest absolute Gasteiger partial charge is 0.254 e. The fraction of sp³-hybridized carbons (Fsp3) is 0.522. The minimum absolute atomic E-state index is 0.0890. The van der Waals surface area contributed by atoms with Crippen LogP contribution in [0.15, 0.2) is 29.3 Å². The van der Waals surface area contributed by atoms with Crippen LogP contribution in [0.2, 0.25) is 0 Å². The van der Waals surface area contributed by atoms with Gasteiger partial charge in [0.15, 0.2) is 0 Å². The van der Waals surface area contributed by atoms with Gasteiger partial charge in [-0.05, 0) is 50.2 Å². The number of aromatic nitrogens is 3. The van der Waals surface area contributed by atoms with Crippen LogP contribution in [-0.2, 0) is 17.8 Å². The molecule has 162 valence electrons. The lowest BCUT2D eigenvalue weighted by Gasteiger charge is -2.36. The molecule has 8 nitrogen and oxygen atoms in total. The number of likely N-dealkylation sites (tertiary alicyclic amines) is 1. The number of fused-ring (bicyclic) bond motifs is 1. The second-order valence-electron chi connectivity index (χ2n) is 8.95. The lowest BCUT2D eigenvalue weighted by atomic mass is 9.99. The van der Waals surface area contributed by atoms with Crippen molar-refractivity contribution in [2.24, 2.45) is 11.8 Å². The molecule has 2 aliphatic heterocycles. The fourth-order valence-corrected chi connectivity index (χ4v) is 4.83. The monoisotopic (exact) mass is 421 g/mol. The molecule has 3 atom stereocenters. The van der Waals surface area contributed by atoms with E-state index in [9.17, 15) is 14.4 Å². The zero-order valence-corrected chi connectivity index (χ0v) is 17.7. The van der Waals surface area contributed by atoms with E-state index < -0.39 is 0 Å². The summed E-state index contributed by atoms with van der Waals surface area (Å²) in [7, 11) is 0. The maximum Gasteiger partial charge on any atom is 0.254 e. The van der Waals surface area contributed by atoms with Crippen molar-refractivity contribution in [1.82, 2.24) is 24.8 Å². The number of amides is 2. The number of piperidine rings is 1. The Labute approximate surface area is 180 Å². The summed E-state index contributed by atoms with van der Waals surface area (Å²) in [5, 5.41) is 0. The van der Waals surface area contributed by atoms with Crippen molar-refractivity contribution in [3.05, 3.63) is 57.5 Å². The number of hydrogen-bond donors (Lipinski definition) is 1. The molecule has 1 saturated carbocycles. The molecular formula is C23H27N5O3. The van der Waals surface area contributed by atoms with E-state index in [1.165, 1.54) is 0 Å². The first-order valence-corrected chi connectivity index (χ1v) is 11.1. The fourth-order valence-electron chi connectivity index (χ4n) is 4.83. The number of nitrogens with zero attached hydrogens (tertiary/aromatic N) is 4.